The molecule has 15 heavy (non-hydrogen) atoms. The number of ketones is 1. The second kappa shape index (κ2) is 4.91. The van der Waals surface area contributed by atoms with Crippen molar-refractivity contribution in [3.63, 3.8) is 0 Å². The van der Waals surface area contributed by atoms with Gasteiger partial charge >= 0.3 is 0 Å². The van der Waals surface area contributed by atoms with Gasteiger partial charge in [0.1, 0.15) is 12.4 Å². The van der Waals surface area contributed by atoms with Crippen molar-refractivity contribution >= 4 is 22.6 Å². The Morgan fingerprint density at radius 1 is 1.47 bits per heavy atom. The van der Waals surface area contributed by atoms with E-state index in [-0.39, 0.29) is 29.3 Å². The summed E-state index contributed by atoms with van der Waals surface area (Å²) in [4.78, 5) is 22.2. The van der Waals surface area contributed by atoms with Gasteiger partial charge in [-0.1, -0.05) is 0 Å². The van der Waals surface area contributed by atoms with E-state index in [9.17, 15) is 14.7 Å². The molecule has 0 saturated carbocycles. The molecule has 5 heteroatoms. The lowest BCUT2D eigenvalue weighted by atomic mass is 10.1. The van der Waals surface area contributed by atoms with E-state index in [0.29, 0.717) is 0 Å². The van der Waals surface area contributed by atoms with E-state index in [0.717, 1.165) is 0 Å². The number of hydrogen-bond acceptors (Lipinski definition) is 4. The van der Waals surface area contributed by atoms with Crippen LogP contribution in [0.1, 0.15) is 20.7 Å². The Morgan fingerprint density at radius 3 is 2.67 bits per heavy atom. The summed E-state index contributed by atoms with van der Waals surface area (Å²) in [6, 6.07) is 3.89. The number of phenolic OH excluding ortho intramolecular Hbond substituents is 1. The van der Waals surface area contributed by atoms with Crippen LogP contribution in [0.4, 0.5) is 0 Å². The molecule has 0 spiro atoms. The molecule has 0 aliphatic carbocycles. The van der Waals surface area contributed by atoms with Crippen LogP contribution in [0.3, 0.4) is 0 Å². The average Bonchev–Trinajstić information content (AvgIpc) is 2.18. The summed E-state index contributed by atoms with van der Waals surface area (Å²) < 4.78 is 4.66. The maximum Gasteiger partial charge on any atom is 0.256 e. The fourth-order valence-electron chi connectivity index (χ4n) is 1.08. The number of Topliss-reactive ketones (excluding diaryl/α,β-unsaturated/α-hetero) is 1. The quantitative estimate of drug-likeness (QED) is 0.628. The monoisotopic (exact) mass is 228 g/mol. The van der Waals surface area contributed by atoms with Crippen LogP contribution in [0.5, 0.6) is 5.75 Å². The minimum Gasteiger partial charge on any atom is -0.507 e. The first-order valence-electron chi connectivity index (χ1n) is 4.11. The van der Waals surface area contributed by atoms with E-state index in [2.05, 4.69) is 4.74 Å². The van der Waals surface area contributed by atoms with Gasteiger partial charge in [0.15, 0.2) is 5.78 Å². The van der Waals surface area contributed by atoms with E-state index in [1.54, 1.807) is 0 Å². The number of carbonyl (C=O) groups is 2. The Kier molecular flexibility index (Phi) is 3.82. The number of halogens is 1. The minimum atomic E-state index is -0.806. The molecule has 1 aromatic carbocycles. The number of phenols is 1. The fraction of sp³-hybridized carbons (Fsp3) is 0.200. The topological polar surface area (TPSA) is 63.6 Å². The smallest absolute Gasteiger partial charge is 0.256 e. The summed E-state index contributed by atoms with van der Waals surface area (Å²) in [6.45, 7) is -0.0826. The van der Waals surface area contributed by atoms with E-state index < -0.39 is 5.24 Å². The standard InChI is InChI=1S/C10H9ClO4/c1-15-5-9(13)6-2-3-8(12)7(4-6)10(11)14/h2-4,12H,5H2,1H3. The third-order valence-electron chi connectivity index (χ3n) is 1.81. The zero-order valence-corrected chi connectivity index (χ0v) is 8.75. The lowest BCUT2D eigenvalue weighted by Crippen LogP contribution is -2.07. The van der Waals surface area contributed by atoms with Gasteiger partial charge in [-0.25, -0.2) is 0 Å². The number of aromatic hydroxyl groups is 1. The zero-order chi connectivity index (χ0) is 11.4. The highest BCUT2D eigenvalue weighted by molar-refractivity contribution is 6.68. The summed E-state index contributed by atoms with van der Waals surface area (Å²) >= 11 is 5.22. The molecule has 1 aromatic rings. The molecule has 1 N–H and O–H groups in total. The number of benzene rings is 1. The van der Waals surface area contributed by atoms with Crippen molar-refractivity contribution in [2.45, 2.75) is 0 Å². The number of rotatable bonds is 4. The summed E-state index contributed by atoms with van der Waals surface area (Å²) in [5.41, 5.74) is 0.192. The lowest BCUT2D eigenvalue weighted by molar-refractivity contribution is 0.0848. The number of ether oxygens (including phenoxy) is 1. The number of carbonyl (C=O) groups excluding carboxylic acids is 2. The molecule has 0 atom stereocenters. The summed E-state index contributed by atoms with van der Waals surface area (Å²) in [6.07, 6.45) is 0. The molecule has 4 nitrogen and oxygen atoms in total. The molecule has 0 aromatic heterocycles. The third-order valence-corrected chi connectivity index (χ3v) is 2.01. The summed E-state index contributed by atoms with van der Waals surface area (Å²) in [5, 5.41) is 8.46. The molecule has 0 radical (unpaired) electrons. The van der Waals surface area contributed by atoms with E-state index in [1.165, 1.54) is 25.3 Å². The first-order valence-corrected chi connectivity index (χ1v) is 4.49. The highest BCUT2D eigenvalue weighted by atomic mass is 35.5. The van der Waals surface area contributed by atoms with Crippen LogP contribution in [0.2, 0.25) is 0 Å². The van der Waals surface area contributed by atoms with Gasteiger partial charge < -0.3 is 9.84 Å². The van der Waals surface area contributed by atoms with Gasteiger partial charge in [0.05, 0.1) is 5.56 Å². The van der Waals surface area contributed by atoms with Crippen LogP contribution < -0.4 is 0 Å². The molecule has 0 heterocycles. The van der Waals surface area contributed by atoms with Crippen molar-refractivity contribution < 1.29 is 19.4 Å². The average molecular weight is 229 g/mol. The van der Waals surface area contributed by atoms with Gasteiger partial charge in [-0.05, 0) is 29.8 Å². The van der Waals surface area contributed by atoms with Crippen molar-refractivity contribution in [1.29, 1.82) is 0 Å². The largest absolute Gasteiger partial charge is 0.507 e. The van der Waals surface area contributed by atoms with E-state index in [4.69, 9.17) is 11.6 Å². The molecule has 0 saturated heterocycles. The molecule has 0 aliphatic heterocycles. The predicted molar refractivity (Wildman–Crippen MR) is 54.5 cm³/mol. The minimum absolute atomic E-state index is 0.0826. The normalized spacial score (nSPS) is 10.0. The Morgan fingerprint density at radius 2 is 2.13 bits per heavy atom. The van der Waals surface area contributed by atoms with Gasteiger partial charge in [0.2, 0.25) is 0 Å². The first kappa shape index (κ1) is 11.7. The number of hydrogen-bond donors (Lipinski definition) is 1. The van der Waals surface area contributed by atoms with Crippen molar-refractivity contribution in [2.24, 2.45) is 0 Å². The van der Waals surface area contributed by atoms with Crippen LogP contribution in [-0.2, 0) is 4.74 Å². The van der Waals surface area contributed by atoms with Crippen molar-refractivity contribution in [2.75, 3.05) is 13.7 Å². The molecule has 1 rings (SSSR count). The SMILES string of the molecule is COCC(=O)c1ccc(O)c(C(=O)Cl)c1. The molecule has 0 bridgehead atoms. The summed E-state index contributed by atoms with van der Waals surface area (Å²) in [5.74, 6) is -0.527. The van der Waals surface area contributed by atoms with E-state index in [1.807, 2.05) is 0 Å². The predicted octanol–water partition coefficient (Wildman–Crippen LogP) is 1.60. The lowest BCUT2D eigenvalue weighted by Gasteiger charge is -2.03. The Bertz CT molecular complexity index is 400. The maximum atomic E-state index is 11.4. The van der Waals surface area contributed by atoms with Crippen LogP contribution >= 0.6 is 11.6 Å². The summed E-state index contributed by atoms with van der Waals surface area (Å²) in [7, 11) is 1.39. The fourth-order valence-corrected chi connectivity index (χ4v) is 1.23. The van der Waals surface area contributed by atoms with E-state index >= 15 is 0 Å². The van der Waals surface area contributed by atoms with Gasteiger partial charge in [-0.15, -0.1) is 0 Å². The van der Waals surface area contributed by atoms with Crippen molar-refractivity contribution in [3.8, 4) is 5.75 Å². The maximum absolute atomic E-state index is 11.4. The molecule has 0 amide bonds. The number of methoxy groups -OCH3 is 1. The van der Waals surface area contributed by atoms with Crippen LogP contribution in [0.15, 0.2) is 18.2 Å². The van der Waals surface area contributed by atoms with Crippen molar-refractivity contribution in [3.05, 3.63) is 29.3 Å². The molecule has 0 fully saturated rings. The Balaban J connectivity index is 3.07. The Hall–Kier alpha value is -1.39. The van der Waals surface area contributed by atoms with Gasteiger partial charge in [-0.2, -0.15) is 0 Å². The van der Waals surface area contributed by atoms with Gasteiger partial charge in [-0.3, -0.25) is 9.59 Å². The van der Waals surface area contributed by atoms with Crippen LogP contribution in [0.25, 0.3) is 0 Å². The zero-order valence-electron chi connectivity index (χ0n) is 7.99. The van der Waals surface area contributed by atoms with Crippen LogP contribution in [-0.4, -0.2) is 29.8 Å². The van der Waals surface area contributed by atoms with Crippen LogP contribution in [0, 0.1) is 0 Å². The highest BCUT2D eigenvalue weighted by Crippen LogP contribution is 2.20. The first-order chi connectivity index (χ1) is 7.06. The molecule has 0 unspecified atom stereocenters. The molecule has 80 valence electrons. The molecular weight excluding hydrogens is 220 g/mol. The second-order valence-electron chi connectivity index (χ2n) is 2.86. The Labute approximate surface area is 91.4 Å². The third kappa shape index (κ3) is 2.78. The molecular formula is C10H9ClO4. The molecule has 0 aliphatic rings. The van der Waals surface area contributed by atoms with Gasteiger partial charge in [0, 0.05) is 12.7 Å². The second-order valence-corrected chi connectivity index (χ2v) is 3.21. The van der Waals surface area contributed by atoms with Gasteiger partial charge in [0.25, 0.3) is 5.24 Å². The van der Waals surface area contributed by atoms with Crippen molar-refractivity contribution in [1.82, 2.24) is 0 Å². The highest BCUT2D eigenvalue weighted by Gasteiger charge is 2.12.